The minimum Gasteiger partial charge on any atom is -0.398 e. The lowest BCUT2D eigenvalue weighted by Crippen LogP contribution is -2.12. The quantitative estimate of drug-likeness (QED) is 0.683. The standard InChI is InChI=1S/C16H15N3O/c1-11(20)14-9-13(7-8-15(14)18)19(2)16-6-4-3-5-12(16)10-17/h3-9H,18H2,1-2H3. The molecule has 0 bridgehead atoms. The maximum Gasteiger partial charge on any atom is 0.161 e. The van der Waals surface area contributed by atoms with Gasteiger partial charge in [-0.2, -0.15) is 5.26 Å². The molecule has 100 valence electrons. The molecular weight excluding hydrogens is 250 g/mol. The average molecular weight is 265 g/mol. The predicted octanol–water partition coefficient (Wildman–Crippen LogP) is 3.11. The van der Waals surface area contributed by atoms with Crippen LogP contribution in [0, 0.1) is 11.3 Å². The van der Waals surface area contributed by atoms with Crippen molar-refractivity contribution in [1.29, 1.82) is 5.26 Å². The number of carbonyl (C=O) groups excluding carboxylic acids is 1. The van der Waals surface area contributed by atoms with E-state index < -0.39 is 0 Å². The number of nitrogen functional groups attached to an aromatic ring is 1. The number of benzene rings is 2. The molecule has 0 aliphatic carbocycles. The first-order chi connectivity index (χ1) is 9.54. The SMILES string of the molecule is CC(=O)c1cc(N(C)c2ccccc2C#N)ccc1N. The van der Waals surface area contributed by atoms with Gasteiger partial charge in [0.1, 0.15) is 6.07 Å². The summed E-state index contributed by atoms with van der Waals surface area (Å²) in [6, 6.07) is 14.8. The van der Waals surface area contributed by atoms with Crippen molar-refractivity contribution >= 4 is 22.8 Å². The molecule has 2 aromatic carbocycles. The number of hydrogen-bond donors (Lipinski definition) is 1. The van der Waals surface area contributed by atoms with Gasteiger partial charge in [0.25, 0.3) is 0 Å². The Morgan fingerprint density at radius 2 is 1.95 bits per heavy atom. The molecule has 0 atom stereocenters. The first kappa shape index (κ1) is 13.6. The number of rotatable bonds is 3. The van der Waals surface area contributed by atoms with Gasteiger partial charge >= 0.3 is 0 Å². The molecule has 20 heavy (non-hydrogen) atoms. The average Bonchev–Trinajstić information content (AvgIpc) is 2.46. The Bertz CT molecular complexity index is 701. The largest absolute Gasteiger partial charge is 0.398 e. The van der Waals surface area contributed by atoms with E-state index in [2.05, 4.69) is 6.07 Å². The maximum atomic E-state index is 11.5. The lowest BCUT2D eigenvalue weighted by atomic mass is 10.1. The van der Waals surface area contributed by atoms with E-state index in [0.717, 1.165) is 11.4 Å². The molecule has 0 spiro atoms. The zero-order valence-electron chi connectivity index (χ0n) is 11.4. The molecule has 4 nitrogen and oxygen atoms in total. The first-order valence-electron chi connectivity index (χ1n) is 6.18. The molecule has 0 radical (unpaired) electrons. The van der Waals surface area contributed by atoms with Gasteiger partial charge in [-0.1, -0.05) is 12.1 Å². The number of ketones is 1. The molecule has 2 N–H and O–H groups in total. The second-order valence-electron chi connectivity index (χ2n) is 4.52. The Morgan fingerprint density at radius 1 is 1.25 bits per heavy atom. The van der Waals surface area contributed by atoms with Crippen LogP contribution in [0.15, 0.2) is 42.5 Å². The highest BCUT2D eigenvalue weighted by atomic mass is 16.1. The van der Waals surface area contributed by atoms with Crippen molar-refractivity contribution in [1.82, 2.24) is 0 Å². The fraction of sp³-hybridized carbons (Fsp3) is 0.125. The van der Waals surface area contributed by atoms with E-state index in [0.29, 0.717) is 16.8 Å². The molecule has 0 unspecified atom stereocenters. The molecule has 0 aliphatic rings. The summed E-state index contributed by atoms with van der Waals surface area (Å²) in [5.41, 5.74) is 8.92. The molecule has 0 fully saturated rings. The van der Waals surface area contributed by atoms with E-state index in [-0.39, 0.29) is 5.78 Å². The van der Waals surface area contributed by atoms with Crippen LogP contribution in [0.25, 0.3) is 0 Å². The summed E-state index contributed by atoms with van der Waals surface area (Å²) in [5.74, 6) is -0.0775. The smallest absolute Gasteiger partial charge is 0.161 e. The van der Waals surface area contributed by atoms with E-state index >= 15 is 0 Å². The third-order valence-corrected chi connectivity index (χ3v) is 3.19. The molecule has 0 heterocycles. The number of anilines is 3. The van der Waals surface area contributed by atoms with Crippen molar-refractivity contribution in [3.8, 4) is 6.07 Å². The minimum atomic E-state index is -0.0775. The van der Waals surface area contributed by atoms with Crippen molar-refractivity contribution in [3.63, 3.8) is 0 Å². The lowest BCUT2D eigenvalue weighted by Gasteiger charge is -2.21. The molecular formula is C16H15N3O. The van der Waals surface area contributed by atoms with Gasteiger partial charge in [-0.3, -0.25) is 4.79 Å². The topological polar surface area (TPSA) is 70.1 Å². The number of hydrogen-bond acceptors (Lipinski definition) is 4. The lowest BCUT2D eigenvalue weighted by molar-refractivity contribution is 0.101. The highest BCUT2D eigenvalue weighted by Crippen LogP contribution is 2.29. The summed E-state index contributed by atoms with van der Waals surface area (Å²) in [7, 11) is 1.85. The summed E-state index contributed by atoms with van der Waals surface area (Å²) in [5, 5.41) is 9.15. The second-order valence-corrected chi connectivity index (χ2v) is 4.52. The molecule has 0 aliphatic heterocycles. The van der Waals surface area contributed by atoms with Crippen LogP contribution in [-0.2, 0) is 0 Å². The van der Waals surface area contributed by atoms with Gasteiger partial charge in [0.05, 0.1) is 11.3 Å². The predicted molar refractivity (Wildman–Crippen MR) is 80.1 cm³/mol. The Kier molecular flexibility index (Phi) is 3.72. The molecule has 2 aromatic rings. The van der Waals surface area contributed by atoms with Crippen LogP contribution < -0.4 is 10.6 Å². The van der Waals surface area contributed by atoms with E-state index in [1.165, 1.54) is 6.92 Å². The van der Waals surface area contributed by atoms with Crippen molar-refractivity contribution < 1.29 is 4.79 Å². The molecule has 0 amide bonds. The van der Waals surface area contributed by atoms with Crippen molar-refractivity contribution in [2.45, 2.75) is 6.92 Å². The van der Waals surface area contributed by atoms with Crippen LogP contribution in [0.2, 0.25) is 0 Å². The summed E-state index contributed by atoms with van der Waals surface area (Å²) >= 11 is 0. The van der Waals surface area contributed by atoms with Gasteiger partial charge in [-0.15, -0.1) is 0 Å². The fourth-order valence-corrected chi connectivity index (χ4v) is 2.06. The summed E-state index contributed by atoms with van der Waals surface area (Å²) in [6.45, 7) is 1.48. The summed E-state index contributed by atoms with van der Waals surface area (Å²) in [4.78, 5) is 13.4. The van der Waals surface area contributed by atoms with E-state index in [4.69, 9.17) is 11.0 Å². The minimum absolute atomic E-state index is 0.0775. The van der Waals surface area contributed by atoms with Crippen molar-refractivity contribution in [2.24, 2.45) is 0 Å². The Balaban J connectivity index is 2.49. The van der Waals surface area contributed by atoms with Gasteiger partial charge in [0.15, 0.2) is 5.78 Å². The van der Waals surface area contributed by atoms with Gasteiger partial charge in [0.2, 0.25) is 0 Å². The highest BCUT2D eigenvalue weighted by Gasteiger charge is 2.12. The number of carbonyl (C=O) groups is 1. The van der Waals surface area contributed by atoms with Crippen molar-refractivity contribution in [2.75, 3.05) is 17.7 Å². The van der Waals surface area contributed by atoms with Gasteiger partial charge in [0, 0.05) is 24.0 Å². The van der Waals surface area contributed by atoms with Crippen LogP contribution in [0.5, 0.6) is 0 Å². The molecule has 0 saturated heterocycles. The maximum absolute atomic E-state index is 11.5. The Labute approximate surface area is 118 Å². The van der Waals surface area contributed by atoms with Gasteiger partial charge in [-0.25, -0.2) is 0 Å². The second kappa shape index (κ2) is 5.45. The number of nitrogens with zero attached hydrogens (tertiary/aromatic N) is 2. The Hall–Kier alpha value is -2.80. The zero-order valence-corrected chi connectivity index (χ0v) is 11.4. The fourth-order valence-electron chi connectivity index (χ4n) is 2.06. The third kappa shape index (κ3) is 2.47. The van der Waals surface area contributed by atoms with Crippen molar-refractivity contribution in [3.05, 3.63) is 53.6 Å². The van der Waals surface area contributed by atoms with Crippen LogP contribution >= 0.6 is 0 Å². The van der Waals surface area contributed by atoms with E-state index in [1.54, 1.807) is 18.2 Å². The first-order valence-corrected chi connectivity index (χ1v) is 6.18. The number of nitriles is 1. The normalized spacial score (nSPS) is 9.85. The van der Waals surface area contributed by atoms with Crippen LogP contribution in [0.4, 0.5) is 17.1 Å². The monoisotopic (exact) mass is 265 g/mol. The highest BCUT2D eigenvalue weighted by molar-refractivity contribution is 6.00. The number of para-hydroxylation sites is 1. The number of Topliss-reactive ketones (excluding diaryl/α,β-unsaturated/α-hetero) is 1. The number of nitrogens with two attached hydrogens (primary N) is 1. The molecule has 0 saturated carbocycles. The van der Waals surface area contributed by atoms with E-state index in [9.17, 15) is 4.79 Å². The van der Waals surface area contributed by atoms with Gasteiger partial charge in [-0.05, 0) is 37.3 Å². The molecule has 2 rings (SSSR count). The third-order valence-electron chi connectivity index (χ3n) is 3.19. The zero-order chi connectivity index (χ0) is 14.7. The Morgan fingerprint density at radius 3 is 2.60 bits per heavy atom. The summed E-state index contributed by atoms with van der Waals surface area (Å²) in [6.07, 6.45) is 0. The van der Waals surface area contributed by atoms with Crippen LogP contribution in [-0.4, -0.2) is 12.8 Å². The molecule has 4 heteroatoms. The summed E-state index contributed by atoms with van der Waals surface area (Å²) < 4.78 is 0. The van der Waals surface area contributed by atoms with Crippen LogP contribution in [0.3, 0.4) is 0 Å². The van der Waals surface area contributed by atoms with E-state index in [1.807, 2.05) is 36.2 Å². The van der Waals surface area contributed by atoms with Crippen LogP contribution in [0.1, 0.15) is 22.8 Å². The van der Waals surface area contributed by atoms with Gasteiger partial charge < -0.3 is 10.6 Å². The molecule has 0 aromatic heterocycles.